The summed E-state index contributed by atoms with van der Waals surface area (Å²) in [6, 6.07) is 17.8. The second-order valence-corrected chi connectivity index (χ2v) is 9.51. The number of nitriles is 1. The van der Waals surface area contributed by atoms with Gasteiger partial charge in [-0.1, -0.05) is 67.2 Å². The zero-order valence-corrected chi connectivity index (χ0v) is 22.6. The number of benzene rings is 3. The molecular formula is C25H18Br2Cl2N2O3. The maximum Gasteiger partial charge on any atom is 0.266 e. The highest BCUT2D eigenvalue weighted by Gasteiger charge is 2.15. The number of rotatable bonds is 8. The van der Waals surface area contributed by atoms with E-state index < -0.39 is 5.91 Å². The Morgan fingerprint density at radius 3 is 2.50 bits per heavy atom. The first-order chi connectivity index (χ1) is 16.3. The van der Waals surface area contributed by atoms with Crippen molar-refractivity contribution in [2.24, 2.45) is 0 Å². The third-order valence-electron chi connectivity index (χ3n) is 4.49. The van der Waals surface area contributed by atoms with Crippen LogP contribution in [0, 0.1) is 11.3 Å². The van der Waals surface area contributed by atoms with Crippen LogP contribution in [0.3, 0.4) is 0 Å². The van der Waals surface area contributed by atoms with Gasteiger partial charge in [-0.05, 0) is 66.6 Å². The van der Waals surface area contributed by atoms with E-state index >= 15 is 0 Å². The minimum atomic E-state index is -0.523. The van der Waals surface area contributed by atoms with E-state index in [1.807, 2.05) is 25.1 Å². The van der Waals surface area contributed by atoms with Crippen LogP contribution in [0.15, 0.2) is 69.1 Å². The molecule has 0 aliphatic heterocycles. The number of carbonyl (C=O) groups is 1. The summed E-state index contributed by atoms with van der Waals surface area (Å²) in [5.74, 6) is 0.446. The number of amides is 1. The molecule has 3 aromatic carbocycles. The maximum absolute atomic E-state index is 12.7. The highest BCUT2D eigenvalue weighted by molar-refractivity contribution is 9.10. The Morgan fingerprint density at radius 1 is 1.06 bits per heavy atom. The van der Waals surface area contributed by atoms with Gasteiger partial charge in [0.15, 0.2) is 11.5 Å². The van der Waals surface area contributed by atoms with E-state index in [1.54, 1.807) is 42.5 Å². The summed E-state index contributed by atoms with van der Waals surface area (Å²) < 4.78 is 13.1. The van der Waals surface area contributed by atoms with E-state index in [9.17, 15) is 10.1 Å². The van der Waals surface area contributed by atoms with Crippen molar-refractivity contribution in [3.05, 3.63) is 90.3 Å². The summed E-state index contributed by atoms with van der Waals surface area (Å²) in [5, 5.41) is 13.2. The Balaban J connectivity index is 1.85. The van der Waals surface area contributed by atoms with Crippen LogP contribution >= 0.6 is 55.1 Å². The molecule has 0 saturated carbocycles. The van der Waals surface area contributed by atoms with Gasteiger partial charge in [0.05, 0.1) is 16.7 Å². The zero-order chi connectivity index (χ0) is 24.7. The van der Waals surface area contributed by atoms with E-state index in [0.717, 1.165) is 10.0 Å². The van der Waals surface area contributed by atoms with Crippen LogP contribution in [0.2, 0.25) is 10.0 Å². The summed E-state index contributed by atoms with van der Waals surface area (Å²) in [7, 11) is 0. The van der Waals surface area contributed by atoms with Crippen LogP contribution in [0.4, 0.5) is 5.69 Å². The molecule has 174 valence electrons. The van der Waals surface area contributed by atoms with Gasteiger partial charge in [-0.2, -0.15) is 5.26 Å². The van der Waals surface area contributed by atoms with Crippen LogP contribution in [-0.4, -0.2) is 12.5 Å². The van der Waals surface area contributed by atoms with E-state index in [2.05, 4.69) is 37.2 Å². The van der Waals surface area contributed by atoms with Crippen LogP contribution < -0.4 is 14.8 Å². The summed E-state index contributed by atoms with van der Waals surface area (Å²) in [4.78, 5) is 12.7. The molecule has 0 aromatic heterocycles. The SMILES string of the molecule is CCOc1cc(/C=C(/C#N)C(=O)Nc2cccc(Br)c2)c(Br)cc1OCc1ccc(Cl)c(Cl)c1. The normalized spacial score (nSPS) is 11.0. The Kier molecular flexibility index (Phi) is 9.43. The third kappa shape index (κ3) is 7.00. The van der Waals surface area contributed by atoms with Crippen molar-refractivity contribution < 1.29 is 14.3 Å². The summed E-state index contributed by atoms with van der Waals surface area (Å²) in [5.41, 5.74) is 1.94. The average Bonchev–Trinajstić information content (AvgIpc) is 2.80. The number of hydrogen-bond donors (Lipinski definition) is 1. The molecule has 0 saturated heterocycles. The fraction of sp³-hybridized carbons (Fsp3) is 0.120. The number of hydrogen-bond acceptors (Lipinski definition) is 4. The molecule has 0 spiro atoms. The number of halogens is 4. The summed E-state index contributed by atoms with van der Waals surface area (Å²) in [6.45, 7) is 2.51. The number of ether oxygens (including phenoxy) is 2. The molecular weight excluding hydrogens is 607 g/mol. The lowest BCUT2D eigenvalue weighted by Crippen LogP contribution is -2.13. The van der Waals surface area contributed by atoms with Gasteiger partial charge in [-0.3, -0.25) is 4.79 Å². The van der Waals surface area contributed by atoms with Crippen LogP contribution in [0.1, 0.15) is 18.1 Å². The molecule has 5 nitrogen and oxygen atoms in total. The van der Waals surface area contributed by atoms with Crippen LogP contribution in [0.25, 0.3) is 6.08 Å². The Hall–Kier alpha value is -2.50. The van der Waals surface area contributed by atoms with Crippen LogP contribution in [0.5, 0.6) is 11.5 Å². The first kappa shape index (κ1) is 26.1. The lowest BCUT2D eigenvalue weighted by atomic mass is 10.1. The van der Waals surface area contributed by atoms with Crippen molar-refractivity contribution in [2.75, 3.05) is 11.9 Å². The lowest BCUT2D eigenvalue weighted by Gasteiger charge is -2.14. The zero-order valence-electron chi connectivity index (χ0n) is 17.9. The van der Waals surface area contributed by atoms with Crippen molar-refractivity contribution in [3.8, 4) is 17.6 Å². The van der Waals surface area contributed by atoms with Crippen molar-refractivity contribution in [3.63, 3.8) is 0 Å². The van der Waals surface area contributed by atoms with Gasteiger partial charge in [-0.15, -0.1) is 0 Å². The van der Waals surface area contributed by atoms with E-state index in [0.29, 0.717) is 43.9 Å². The van der Waals surface area contributed by atoms with E-state index in [4.69, 9.17) is 32.7 Å². The Labute approximate surface area is 224 Å². The number of nitrogens with one attached hydrogen (secondary N) is 1. The lowest BCUT2D eigenvalue weighted by molar-refractivity contribution is -0.112. The molecule has 0 atom stereocenters. The second kappa shape index (κ2) is 12.3. The minimum Gasteiger partial charge on any atom is -0.490 e. The summed E-state index contributed by atoms with van der Waals surface area (Å²) in [6.07, 6.45) is 1.49. The number of anilines is 1. The molecule has 0 aliphatic rings. The molecule has 0 heterocycles. The molecule has 0 radical (unpaired) electrons. The monoisotopic (exact) mass is 622 g/mol. The van der Waals surface area contributed by atoms with Gasteiger partial charge in [-0.25, -0.2) is 0 Å². The highest BCUT2D eigenvalue weighted by atomic mass is 79.9. The molecule has 1 N–H and O–H groups in total. The first-order valence-corrected chi connectivity index (χ1v) is 12.4. The summed E-state index contributed by atoms with van der Waals surface area (Å²) >= 11 is 18.9. The standard InChI is InChI=1S/C25H18Br2Cl2N2O3/c1-2-33-23-10-16(9-17(13-30)25(32)31-19-5-3-4-18(26)11-19)20(27)12-24(23)34-14-15-6-7-21(28)22(29)8-15/h3-12H,2,14H2,1H3,(H,31,32)/b17-9-. The van der Waals surface area contributed by atoms with Crippen LogP contribution in [-0.2, 0) is 11.4 Å². The van der Waals surface area contributed by atoms with Gasteiger partial charge in [0.1, 0.15) is 18.2 Å². The molecule has 1 amide bonds. The van der Waals surface area contributed by atoms with Crippen molar-refractivity contribution in [2.45, 2.75) is 13.5 Å². The average molecular weight is 625 g/mol. The predicted molar refractivity (Wildman–Crippen MR) is 142 cm³/mol. The number of carbonyl (C=O) groups excluding carboxylic acids is 1. The fourth-order valence-corrected chi connectivity index (χ4v) is 4.06. The second-order valence-electron chi connectivity index (χ2n) is 6.92. The smallest absolute Gasteiger partial charge is 0.266 e. The van der Waals surface area contributed by atoms with Gasteiger partial charge in [0.2, 0.25) is 0 Å². The van der Waals surface area contributed by atoms with E-state index in [-0.39, 0.29) is 12.2 Å². The fourth-order valence-electron chi connectivity index (χ4n) is 2.90. The molecule has 0 aliphatic carbocycles. The third-order valence-corrected chi connectivity index (χ3v) is 6.41. The topological polar surface area (TPSA) is 71.3 Å². The highest BCUT2D eigenvalue weighted by Crippen LogP contribution is 2.36. The van der Waals surface area contributed by atoms with Crippen molar-refractivity contribution in [1.82, 2.24) is 0 Å². The molecule has 0 bridgehead atoms. The van der Waals surface area contributed by atoms with Gasteiger partial charge in [0, 0.05) is 14.6 Å². The van der Waals surface area contributed by atoms with Gasteiger partial charge in [0.25, 0.3) is 5.91 Å². The molecule has 34 heavy (non-hydrogen) atoms. The molecule has 9 heteroatoms. The van der Waals surface area contributed by atoms with E-state index in [1.165, 1.54) is 6.08 Å². The molecule has 0 unspecified atom stereocenters. The Morgan fingerprint density at radius 2 is 1.82 bits per heavy atom. The molecule has 0 fully saturated rings. The van der Waals surface area contributed by atoms with Crippen molar-refractivity contribution >= 4 is 72.7 Å². The molecule has 3 aromatic rings. The largest absolute Gasteiger partial charge is 0.490 e. The number of nitrogens with zero attached hydrogens (tertiary/aromatic N) is 1. The maximum atomic E-state index is 12.7. The van der Waals surface area contributed by atoms with Gasteiger partial charge < -0.3 is 14.8 Å². The van der Waals surface area contributed by atoms with Crippen molar-refractivity contribution in [1.29, 1.82) is 5.26 Å². The quantitative estimate of drug-likeness (QED) is 0.203. The first-order valence-electron chi connectivity index (χ1n) is 10.0. The minimum absolute atomic E-state index is 0.0624. The predicted octanol–water partition coefficient (Wildman–Crippen LogP) is 8.04. The molecule has 3 rings (SSSR count). The van der Waals surface area contributed by atoms with Gasteiger partial charge >= 0.3 is 0 Å². The Bertz CT molecular complexity index is 1290.